The van der Waals surface area contributed by atoms with Crippen LogP contribution in [0.25, 0.3) is 0 Å². The van der Waals surface area contributed by atoms with Gasteiger partial charge in [-0.15, -0.1) is 11.8 Å². The second-order valence-corrected chi connectivity index (χ2v) is 10.9. The number of aromatic nitrogens is 1. The summed E-state index contributed by atoms with van der Waals surface area (Å²) in [7, 11) is -3.60. The van der Waals surface area contributed by atoms with Crippen molar-refractivity contribution in [3.63, 3.8) is 0 Å². The molecule has 3 heterocycles. The maximum atomic E-state index is 13.3. The number of hydrogen-bond acceptors (Lipinski definition) is 6. The van der Waals surface area contributed by atoms with Gasteiger partial charge in [-0.25, -0.2) is 13.4 Å². The maximum Gasteiger partial charge on any atom is 0.258 e. The normalized spacial score (nSPS) is 17.8. The second-order valence-electron chi connectivity index (χ2n) is 8.21. The van der Waals surface area contributed by atoms with E-state index >= 15 is 0 Å². The van der Waals surface area contributed by atoms with Crippen molar-refractivity contribution in [2.45, 2.75) is 48.4 Å². The van der Waals surface area contributed by atoms with Crippen LogP contribution in [0.15, 0.2) is 46.5 Å². The number of pyridine rings is 1. The summed E-state index contributed by atoms with van der Waals surface area (Å²) in [5, 5.41) is 3.64. The first-order chi connectivity index (χ1) is 15.5. The van der Waals surface area contributed by atoms with Crippen molar-refractivity contribution in [3.05, 3.63) is 42.1 Å². The van der Waals surface area contributed by atoms with Crippen molar-refractivity contribution in [2.24, 2.45) is 0 Å². The smallest absolute Gasteiger partial charge is 0.258 e. The van der Waals surface area contributed by atoms with Gasteiger partial charge in [0, 0.05) is 32.4 Å². The summed E-state index contributed by atoms with van der Waals surface area (Å²) in [6, 6.07) is 8.62. The number of anilines is 2. The molecule has 7 nitrogen and oxygen atoms in total. The minimum atomic E-state index is -3.60. The molecule has 1 N–H and O–H groups in total. The van der Waals surface area contributed by atoms with E-state index in [1.54, 1.807) is 34.8 Å². The third-order valence-electron chi connectivity index (χ3n) is 6.07. The molecule has 0 radical (unpaired) electrons. The van der Waals surface area contributed by atoms with Gasteiger partial charge in [-0.3, -0.25) is 4.79 Å². The molecule has 172 valence electrons. The Hall–Kier alpha value is -2.10. The van der Waals surface area contributed by atoms with E-state index in [0.29, 0.717) is 29.4 Å². The van der Waals surface area contributed by atoms with Crippen LogP contribution in [0, 0.1) is 0 Å². The van der Waals surface area contributed by atoms with Crippen LogP contribution in [0.2, 0.25) is 0 Å². The summed E-state index contributed by atoms with van der Waals surface area (Å²) < 4.78 is 28.1. The van der Waals surface area contributed by atoms with Crippen LogP contribution < -0.4 is 10.2 Å². The number of carbonyl (C=O) groups excluding carboxylic acids is 1. The van der Waals surface area contributed by atoms with Gasteiger partial charge in [-0.05, 0) is 68.7 Å². The highest BCUT2D eigenvalue weighted by atomic mass is 32.2. The average Bonchev–Trinajstić information content (AvgIpc) is 2.85. The summed E-state index contributed by atoms with van der Waals surface area (Å²) in [4.78, 5) is 19.9. The highest BCUT2D eigenvalue weighted by Gasteiger charge is 2.28. The highest BCUT2D eigenvalue weighted by molar-refractivity contribution is 7.98. The Labute approximate surface area is 194 Å². The van der Waals surface area contributed by atoms with E-state index in [9.17, 15) is 13.2 Å². The van der Waals surface area contributed by atoms with E-state index in [0.717, 1.165) is 50.9 Å². The van der Waals surface area contributed by atoms with Gasteiger partial charge in [0.1, 0.15) is 5.03 Å². The molecule has 2 aliphatic rings. The van der Waals surface area contributed by atoms with Crippen LogP contribution in [0.4, 0.5) is 11.4 Å². The topological polar surface area (TPSA) is 82.6 Å². The first-order valence-electron chi connectivity index (χ1n) is 11.2. The first kappa shape index (κ1) is 23.1. The molecular weight excluding hydrogens is 444 g/mol. The van der Waals surface area contributed by atoms with Gasteiger partial charge in [0.2, 0.25) is 10.0 Å². The largest absolute Gasteiger partial charge is 0.370 e. The molecule has 32 heavy (non-hydrogen) atoms. The van der Waals surface area contributed by atoms with Crippen LogP contribution in [0.3, 0.4) is 0 Å². The maximum absolute atomic E-state index is 13.3. The molecule has 0 aliphatic carbocycles. The second kappa shape index (κ2) is 10.2. The Bertz CT molecular complexity index is 1060. The zero-order valence-electron chi connectivity index (χ0n) is 18.4. The molecule has 2 fully saturated rings. The van der Waals surface area contributed by atoms with Crippen molar-refractivity contribution >= 4 is 39.1 Å². The molecule has 0 spiro atoms. The van der Waals surface area contributed by atoms with E-state index in [4.69, 9.17) is 0 Å². The van der Waals surface area contributed by atoms with Crippen LogP contribution >= 0.6 is 11.8 Å². The van der Waals surface area contributed by atoms with E-state index in [-0.39, 0.29) is 10.8 Å². The minimum Gasteiger partial charge on any atom is -0.370 e. The van der Waals surface area contributed by atoms with Crippen LogP contribution in [-0.2, 0) is 10.0 Å². The number of thioether (sulfide) groups is 1. The summed E-state index contributed by atoms with van der Waals surface area (Å²) in [6.45, 7) is 2.88. The van der Waals surface area contributed by atoms with Gasteiger partial charge >= 0.3 is 0 Å². The standard InChI is InChI=1S/C23H30N4O3S2/c1-31-23-19(9-8-12-24-23)22(28)25-20-17-18(32(29,30)27-15-6-3-7-16-27)10-11-21(20)26-13-4-2-5-14-26/h8-12,17H,2-7,13-16H2,1H3,(H,25,28). The van der Waals surface area contributed by atoms with Crippen molar-refractivity contribution < 1.29 is 13.2 Å². The fourth-order valence-electron chi connectivity index (χ4n) is 4.36. The number of amides is 1. The van der Waals surface area contributed by atoms with Gasteiger partial charge in [0.05, 0.1) is 21.8 Å². The molecule has 0 unspecified atom stereocenters. The third-order valence-corrected chi connectivity index (χ3v) is 8.68. The zero-order valence-corrected chi connectivity index (χ0v) is 20.1. The Morgan fingerprint density at radius 1 is 1.00 bits per heavy atom. The van der Waals surface area contributed by atoms with Gasteiger partial charge in [-0.2, -0.15) is 4.31 Å². The molecule has 9 heteroatoms. The molecule has 4 rings (SSSR count). The minimum absolute atomic E-state index is 0.228. The number of nitrogens with zero attached hydrogens (tertiary/aromatic N) is 3. The number of nitrogens with one attached hydrogen (secondary N) is 1. The Balaban J connectivity index is 1.70. The van der Waals surface area contributed by atoms with Crippen LogP contribution in [-0.4, -0.2) is 56.0 Å². The number of hydrogen-bond donors (Lipinski definition) is 1. The first-order valence-corrected chi connectivity index (χ1v) is 13.9. The third kappa shape index (κ3) is 4.94. The molecule has 1 aromatic heterocycles. The Morgan fingerprint density at radius 3 is 2.38 bits per heavy atom. The molecule has 1 amide bonds. The van der Waals surface area contributed by atoms with E-state index in [1.807, 2.05) is 12.3 Å². The summed E-state index contributed by atoms with van der Waals surface area (Å²) in [6.07, 6.45) is 9.72. The van der Waals surface area contributed by atoms with E-state index < -0.39 is 10.0 Å². The van der Waals surface area contributed by atoms with Crippen molar-refractivity contribution in [1.29, 1.82) is 0 Å². The number of benzene rings is 1. The summed E-state index contributed by atoms with van der Waals surface area (Å²) in [5.41, 5.74) is 1.88. The van der Waals surface area contributed by atoms with E-state index in [2.05, 4.69) is 15.2 Å². The fraction of sp³-hybridized carbons (Fsp3) is 0.478. The SMILES string of the molecule is CSc1ncccc1C(=O)Nc1cc(S(=O)(=O)N2CCCCC2)ccc1N1CCCCC1. The van der Waals surface area contributed by atoms with Crippen LogP contribution in [0.1, 0.15) is 48.9 Å². The average molecular weight is 475 g/mol. The fourth-order valence-corrected chi connectivity index (χ4v) is 6.45. The molecular formula is C23H30N4O3S2. The van der Waals surface area contributed by atoms with Gasteiger partial charge in [0.25, 0.3) is 5.91 Å². The van der Waals surface area contributed by atoms with Gasteiger partial charge in [-0.1, -0.05) is 6.42 Å². The monoisotopic (exact) mass is 474 g/mol. The lowest BCUT2D eigenvalue weighted by Crippen LogP contribution is -2.36. The lowest BCUT2D eigenvalue weighted by molar-refractivity contribution is 0.102. The molecule has 1 aromatic carbocycles. The number of carbonyl (C=O) groups is 1. The molecule has 2 aliphatic heterocycles. The molecule has 0 saturated carbocycles. The number of piperidine rings is 2. The molecule has 2 saturated heterocycles. The molecule has 0 atom stereocenters. The lowest BCUT2D eigenvalue weighted by atomic mass is 10.1. The number of rotatable bonds is 6. The van der Waals surface area contributed by atoms with Crippen molar-refractivity contribution in [2.75, 3.05) is 42.7 Å². The molecule has 2 aromatic rings. The predicted octanol–water partition coefficient (Wildman–Crippen LogP) is 4.22. The Morgan fingerprint density at radius 2 is 1.69 bits per heavy atom. The lowest BCUT2D eigenvalue weighted by Gasteiger charge is -2.31. The Kier molecular flexibility index (Phi) is 7.37. The molecule has 0 bridgehead atoms. The number of sulfonamides is 1. The van der Waals surface area contributed by atoms with Crippen molar-refractivity contribution in [1.82, 2.24) is 9.29 Å². The van der Waals surface area contributed by atoms with Crippen molar-refractivity contribution in [3.8, 4) is 0 Å². The van der Waals surface area contributed by atoms with Gasteiger partial charge in [0.15, 0.2) is 0 Å². The van der Waals surface area contributed by atoms with Crippen LogP contribution in [0.5, 0.6) is 0 Å². The highest BCUT2D eigenvalue weighted by Crippen LogP contribution is 2.33. The summed E-state index contributed by atoms with van der Waals surface area (Å²) >= 11 is 1.41. The van der Waals surface area contributed by atoms with E-state index in [1.165, 1.54) is 18.2 Å². The van der Waals surface area contributed by atoms with Gasteiger partial charge < -0.3 is 10.2 Å². The predicted molar refractivity (Wildman–Crippen MR) is 129 cm³/mol. The zero-order chi connectivity index (χ0) is 22.6. The quantitative estimate of drug-likeness (QED) is 0.631. The summed E-state index contributed by atoms with van der Waals surface area (Å²) in [5.74, 6) is -0.284.